The molecule has 1 aromatic carbocycles. The first-order chi connectivity index (χ1) is 8.34. The topological polar surface area (TPSA) is 48.1 Å². The van der Waals surface area contributed by atoms with E-state index in [-0.39, 0.29) is 0 Å². The van der Waals surface area contributed by atoms with Crippen molar-refractivity contribution in [2.75, 3.05) is 18.1 Å². The van der Waals surface area contributed by atoms with Crippen LogP contribution in [0.4, 0.5) is 5.69 Å². The molecule has 0 amide bonds. The highest BCUT2D eigenvalue weighted by molar-refractivity contribution is 7.99. The third-order valence-corrected chi connectivity index (χ3v) is 4.95. The minimum Gasteiger partial charge on any atom is -0.396 e. The number of benzene rings is 1. The summed E-state index contributed by atoms with van der Waals surface area (Å²) < 4.78 is 6.77. The van der Waals surface area contributed by atoms with Gasteiger partial charge in [0.15, 0.2) is 0 Å². The standard InChI is InChI=1S/C12H14N2OS2/c13-11-9(16-6-8-2-1-5-15-8)3-4-10-12(11)14-7-17-10/h3-4,7-8H,1-2,5-6,13H2. The number of anilines is 1. The molecule has 1 aliphatic rings. The molecule has 1 fully saturated rings. The Morgan fingerprint density at radius 2 is 2.47 bits per heavy atom. The van der Waals surface area contributed by atoms with Crippen LogP contribution in [-0.2, 0) is 4.74 Å². The molecule has 1 atom stereocenters. The van der Waals surface area contributed by atoms with E-state index in [0.29, 0.717) is 6.10 Å². The van der Waals surface area contributed by atoms with Crippen molar-refractivity contribution in [3.8, 4) is 0 Å². The van der Waals surface area contributed by atoms with E-state index in [1.165, 1.54) is 12.8 Å². The third-order valence-electron chi connectivity index (χ3n) is 2.95. The molecular formula is C12H14N2OS2. The van der Waals surface area contributed by atoms with Gasteiger partial charge in [-0.05, 0) is 25.0 Å². The van der Waals surface area contributed by atoms with Crippen LogP contribution in [0.25, 0.3) is 10.2 Å². The Hall–Kier alpha value is -0.780. The summed E-state index contributed by atoms with van der Waals surface area (Å²) in [4.78, 5) is 5.43. The van der Waals surface area contributed by atoms with E-state index >= 15 is 0 Å². The summed E-state index contributed by atoms with van der Waals surface area (Å²) in [5.41, 5.74) is 9.72. The highest BCUT2D eigenvalue weighted by atomic mass is 32.2. The summed E-state index contributed by atoms with van der Waals surface area (Å²) in [6, 6.07) is 4.19. The number of fused-ring (bicyclic) bond motifs is 1. The highest BCUT2D eigenvalue weighted by Gasteiger charge is 2.16. The van der Waals surface area contributed by atoms with Gasteiger partial charge in [-0.3, -0.25) is 0 Å². The van der Waals surface area contributed by atoms with Gasteiger partial charge >= 0.3 is 0 Å². The number of thioether (sulfide) groups is 1. The van der Waals surface area contributed by atoms with Crippen molar-refractivity contribution in [3.63, 3.8) is 0 Å². The molecule has 1 aliphatic heterocycles. The second kappa shape index (κ2) is 4.84. The first-order valence-corrected chi connectivity index (χ1v) is 7.57. The Kier molecular flexibility index (Phi) is 3.22. The van der Waals surface area contributed by atoms with Crippen molar-refractivity contribution < 1.29 is 4.74 Å². The van der Waals surface area contributed by atoms with Crippen molar-refractivity contribution in [2.24, 2.45) is 0 Å². The molecule has 1 aromatic heterocycles. The SMILES string of the molecule is Nc1c(SCC2CCCO2)ccc2scnc12. The number of nitrogens with zero attached hydrogens (tertiary/aromatic N) is 1. The number of rotatable bonds is 3. The molecule has 2 aromatic rings. The van der Waals surface area contributed by atoms with E-state index in [1.807, 2.05) is 5.51 Å². The van der Waals surface area contributed by atoms with Gasteiger partial charge in [-0.2, -0.15) is 0 Å². The van der Waals surface area contributed by atoms with Crippen LogP contribution in [0.1, 0.15) is 12.8 Å². The molecule has 5 heteroatoms. The van der Waals surface area contributed by atoms with Gasteiger partial charge in [0.05, 0.1) is 22.0 Å². The fraction of sp³-hybridized carbons (Fsp3) is 0.417. The van der Waals surface area contributed by atoms with Crippen LogP contribution in [0.5, 0.6) is 0 Å². The zero-order valence-electron chi connectivity index (χ0n) is 9.39. The van der Waals surface area contributed by atoms with Crippen LogP contribution < -0.4 is 5.73 Å². The van der Waals surface area contributed by atoms with Gasteiger partial charge in [-0.1, -0.05) is 0 Å². The lowest BCUT2D eigenvalue weighted by Crippen LogP contribution is -2.08. The van der Waals surface area contributed by atoms with E-state index in [9.17, 15) is 0 Å². The Bertz CT molecular complexity index is 520. The van der Waals surface area contributed by atoms with Crippen LogP contribution in [0.15, 0.2) is 22.5 Å². The molecule has 17 heavy (non-hydrogen) atoms. The van der Waals surface area contributed by atoms with Gasteiger partial charge in [-0.15, -0.1) is 23.1 Å². The second-order valence-electron chi connectivity index (χ2n) is 4.12. The molecule has 0 saturated carbocycles. The first-order valence-electron chi connectivity index (χ1n) is 5.70. The number of nitrogen functional groups attached to an aromatic ring is 1. The summed E-state index contributed by atoms with van der Waals surface area (Å²) >= 11 is 3.41. The molecule has 0 spiro atoms. The van der Waals surface area contributed by atoms with Crippen LogP contribution in [0, 0.1) is 0 Å². The monoisotopic (exact) mass is 266 g/mol. The number of nitrogens with two attached hydrogens (primary N) is 1. The number of hydrogen-bond donors (Lipinski definition) is 1. The first kappa shape index (κ1) is 11.3. The maximum Gasteiger partial charge on any atom is 0.105 e. The molecule has 90 valence electrons. The summed E-state index contributed by atoms with van der Waals surface area (Å²) in [7, 11) is 0. The summed E-state index contributed by atoms with van der Waals surface area (Å²) in [5, 5.41) is 0. The normalized spacial score (nSPS) is 20.1. The number of thiazole rings is 1. The van der Waals surface area contributed by atoms with Crippen molar-refractivity contribution in [3.05, 3.63) is 17.6 Å². The van der Waals surface area contributed by atoms with Crippen LogP contribution in [-0.4, -0.2) is 23.4 Å². The van der Waals surface area contributed by atoms with E-state index in [2.05, 4.69) is 17.1 Å². The summed E-state index contributed by atoms with van der Waals surface area (Å²) in [6.45, 7) is 0.909. The lowest BCUT2D eigenvalue weighted by Gasteiger charge is -2.10. The molecule has 0 aliphatic carbocycles. The van der Waals surface area contributed by atoms with Crippen molar-refractivity contribution in [1.29, 1.82) is 0 Å². The maximum absolute atomic E-state index is 6.13. The summed E-state index contributed by atoms with van der Waals surface area (Å²) in [5.74, 6) is 0.986. The minimum atomic E-state index is 0.394. The zero-order chi connectivity index (χ0) is 11.7. The predicted octanol–water partition coefficient (Wildman–Crippen LogP) is 3.15. The molecular weight excluding hydrogens is 252 g/mol. The van der Waals surface area contributed by atoms with Gasteiger partial charge in [0, 0.05) is 17.3 Å². The fourth-order valence-corrected chi connectivity index (χ4v) is 3.76. The Balaban J connectivity index is 1.77. The molecule has 1 saturated heterocycles. The van der Waals surface area contributed by atoms with Crippen molar-refractivity contribution in [1.82, 2.24) is 4.98 Å². The Morgan fingerprint density at radius 1 is 1.53 bits per heavy atom. The van der Waals surface area contributed by atoms with E-state index in [0.717, 1.165) is 33.2 Å². The fourth-order valence-electron chi connectivity index (χ4n) is 2.02. The van der Waals surface area contributed by atoms with Crippen molar-refractivity contribution >= 4 is 39.0 Å². The lowest BCUT2D eigenvalue weighted by atomic mass is 10.3. The maximum atomic E-state index is 6.13. The van der Waals surface area contributed by atoms with Crippen molar-refractivity contribution in [2.45, 2.75) is 23.8 Å². The van der Waals surface area contributed by atoms with E-state index in [1.54, 1.807) is 23.1 Å². The highest BCUT2D eigenvalue weighted by Crippen LogP contribution is 2.34. The summed E-state index contributed by atoms with van der Waals surface area (Å²) in [6.07, 6.45) is 2.75. The molecule has 2 heterocycles. The van der Waals surface area contributed by atoms with Gasteiger partial charge in [0.2, 0.25) is 0 Å². The quantitative estimate of drug-likeness (QED) is 0.685. The number of hydrogen-bond acceptors (Lipinski definition) is 5. The van der Waals surface area contributed by atoms with Crippen LogP contribution in [0.3, 0.4) is 0 Å². The Morgan fingerprint density at radius 3 is 3.29 bits per heavy atom. The molecule has 1 unspecified atom stereocenters. The van der Waals surface area contributed by atoms with E-state index in [4.69, 9.17) is 10.5 Å². The average molecular weight is 266 g/mol. The molecule has 0 radical (unpaired) electrons. The Labute approximate surface area is 108 Å². The molecule has 3 nitrogen and oxygen atoms in total. The predicted molar refractivity (Wildman–Crippen MR) is 73.7 cm³/mol. The molecule has 2 N–H and O–H groups in total. The molecule has 3 rings (SSSR count). The number of aromatic nitrogens is 1. The number of ether oxygens (including phenoxy) is 1. The van der Waals surface area contributed by atoms with Crippen LogP contribution in [0.2, 0.25) is 0 Å². The largest absolute Gasteiger partial charge is 0.396 e. The van der Waals surface area contributed by atoms with Gasteiger partial charge in [0.25, 0.3) is 0 Å². The van der Waals surface area contributed by atoms with Crippen LogP contribution >= 0.6 is 23.1 Å². The smallest absolute Gasteiger partial charge is 0.105 e. The molecule has 0 bridgehead atoms. The zero-order valence-corrected chi connectivity index (χ0v) is 11.0. The van der Waals surface area contributed by atoms with Gasteiger partial charge in [-0.25, -0.2) is 4.98 Å². The van der Waals surface area contributed by atoms with Gasteiger partial charge < -0.3 is 10.5 Å². The third kappa shape index (κ3) is 2.27. The van der Waals surface area contributed by atoms with E-state index < -0.39 is 0 Å². The average Bonchev–Trinajstić information content (AvgIpc) is 2.99. The van der Waals surface area contributed by atoms with Gasteiger partial charge in [0.1, 0.15) is 5.52 Å². The lowest BCUT2D eigenvalue weighted by molar-refractivity contribution is 0.129. The minimum absolute atomic E-state index is 0.394. The second-order valence-corrected chi connectivity index (χ2v) is 6.07.